The summed E-state index contributed by atoms with van der Waals surface area (Å²) < 4.78 is 77.6. The van der Waals surface area contributed by atoms with Crippen molar-refractivity contribution in [2.75, 3.05) is 59.2 Å². The van der Waals surface area contributed by atoms with Crippen molar-refractivity contribution < 1.29 is 26.3 Å². The predicted molar refractivity (Wildman–Crippen MR) is 185 cm³/mol. The maximum atomic E-state index is 15.1. The molecule has 49 heavy (non-hydrogen) atoms. The van der Waals surface area contributed by atoms with Gasteiger partial charge in [0.2, 0.25) is 5.95 Å². The second-order valence-corrected chi connectivity index (χ2v) is 14.2. The molecule has 3 aromatic carbocycles. The third-order valence-corrected chi connectivity index (χ3v) is 10.8. The number of piperidine rings is 1. The molecule has 2 aliphatic rings. The van der Waals surface area contributed by atoms with Crippen molar-refractivity contribution in [3.8, 4) is 21.8 Å². The fourth-order valence-electron chi connectivity index (χ4n) is 5.89. The summed E-state index contributed by atoms with van der Waals surface area (Å²) in [6.07, 6.45) is 4.81. The minimum Gasteiger partial charge on any atom is -0.378 e. The largest absolute Gasteiger partial charge is 0.378 e. The van der Waals surface area contributed by atoms with Crippen molar-refractivity contribution in [1.82, 2.24) is 15.0 Å². The molecular weight excluding hydrogens is 676 g/mol. The Morgan fingerprint density at radius 3 is 2.29 bits per heavy atom. The number of nitrogens with one attached hydrogen (secondary N) is 2. The zero-order chi connectivity index (χ0) is 34.0. The van der Waals surface area contributed by atoms with E-state index >= 15 is 4.39 Å². The van der Waals surface area contributed by atoms with Gasteiger partial charge in [-0.2, -0.15) is 0 Å². The van der Waals surface area contributed by atoms with Gasteiger partial charge >= 0.3 is 0 Å². The Morgan fingerprint density at radius 2 is 1.53 bits per heavy atom. The Balaban J connectivity index is 1.21. The number of ether oxygens (including phenoxy) is 1. The van der Waals surface area contributed by atoms with Gasteiger partial charge in [0.25, 0.3) is 10.0 Å². The molecule has 7 rings (SSSR count). The van der Waals surface area contributed by atoms with Crippen LogP contribution in [0.3, 0.4) is 0 Å². The van der Waals surface area contributed by atoms with Gasteiger partial charge in [0.05, 0.1) is 35.2 Å². The number of benzene rings is 3. The van der Waals surface area contributed by atoms with E-state index in [2.05, 4.69) is 19.9 Å². The molecule has 15 heteroatoms. The molecule has 4 heterocycles. The van der Waals surface area contributed by atoms with Crippen LogP contribution in [0.5, 0.6) is 0 Å². The minimum atomic E-state index is -4.59. The first-order valence-corrected chi connectivity index (χ1v) is 18.1. The SMILES string of the molecule is O=S(=O)(Nc1cccc(-c2nc(N3CCCCC3)sc2-c2ccnc(Nc3ccc(N4CCOCC4)c(F)c3)n2)c1)c1c(F)cccc1F. The maximum Gasteiger partial charge on any atom is 0.267 e. The predicted octanol–water partition coefficient (Wildman–Crippen LogP) is 7.06. The van der Waals surface area contributed by atoms with Crippen molar-refractivity contribution in [1.29, 1.82) is 0 Å². The highest BCUT2D eigenvalue weighted by molar-refractivity contribution is 7.92. The topological polar surface area (TPSA) is 113 Å². The Labute approximate surface area is 285 Å². The van der Waals surface area contributed by atoms with Crippen LogP contribution < -0.4 is 19.8 Å². The van der Waals surface area contributed by atoms with E-state index in [1.807, 2.05) is 4.90 Å². The lowest BCUT2D eigenvalue weighted by molar-refractivity contribution is 0.122. The van der Waals surface area contributed by atoms with Gasteiger partial charge in [-0.1, -0.05) is 29.5 Å². The average molecular weight is 708 g/mol. The molecule has 0 amide bonds. The molecule has 0 bridgehead atoms. The molecule has 0 saturated carbocycles. The number of thiazole rings is 1. The van der Waals surface area contributed by atoms with Crippen LogP contribution in [0.1, 0.15) is 19.3 Å². The molecule has 0 unspecified atom stereocenters. The number of morpholine rings is 1. The molecule has 2 saturated heterocycles. The molecule has 2 N–H and O–H groups in total. The van der Waals surface area contributed by atoms with Crippen LogP contribution in [0.15, 0.2) is 77.8 Å². The van der Waals surface area contributed by atoms with Gasteiger partial charge in [-0.05, 0) is 67.8 Å². The van der Waals surface area contributed by atoms with Gasteiger partial charge in [-0.25, -0.2) is 36.5 Å². The van der Waals surface area contributed by atoms with E-state index in [0.717, 1.165) is 55.7 Å². The molecule has 5 aromatic rings. The normalized spacial score (nSPS) is 15.3. The molecule has 2 aliphatic heterocycles. The number of anilines is 5. The van der Waals surface area contributed by atoms with Crippen molar-refractivity contribution in [2.24, 2.45) is 0 Å². The second-order valence-electron chi connectivity index (χ2n) is 11.6. The van der Waals surface area contributed by atoms with Crippen LogP contribution in [0.4, 0.5) is 41.3 Å². The van der Waals surface area contributed by atoms with E-state index in [9.17, 15) is 17.2 Å². The van der Waals surface area contributed by atoms with Crippen molar-refractivity contribution in [2.45, 2.75) is 24.2 Å². The van der Waals surface area contributed by atoms with Crippen LogP contribution in [0.2, 0.25) is 0 Å². The maximum absolute atomic E-state index is 15.1. The van der Waals surface area contributed by atoms with E-state index in [1.54, 1.807) is 42.6 Å². The zero-order valence-electron chi connectivity index (χ0n) is 26.2. The third kappa shape index (κ3) is 7.19. The zero-order valence-corrected chi connectivity index (χ0v) is 27.8. The highest BCUT2D eigenvalue weighted by atomic mass is 32.2. The van der Waals surface area contributed by atoms with E-state index in [1.165, 1.54) is 23.5 Å². The monoisotopic (exact) mass is 707 g/mol. The molecule has 0 radical (unpaired) electrons. The number of rotatable bonds is 9. The summed E-state index contributed by atoms with van der Waals surface area (Å²) in [7, 11) is -4.59. The molecule has 0 atom stereocenters. The average Bonchev–Trinajstić information content (AvgIpc) is 3.55. The van der Waals surface area contributed by atoms with Crippen LogP contribution >= 0.6 is 11.3 Å². The number of hydrogen-bond donors (Lipinski definition) is 2. The lowest BCUT2D eigenvalue weighted by Gasteiger charge is -2.29. The second kappa shape index (κ2) is 14.0. The van der Waals surface area contributed by atoms with Crippen molar-refractivity contribution >= 4 is 49.5 Å². The molecule has 10 nitrogen and oxygen atoms in total. The Kier molecular flexibility index (Phi) is 9.38. The molecular formula is C34H32F3N7O3S2. The number of hydrogen-bond acceptors (Lipinski definition) is 10. The first-order chi connectivity index (χ1) is 23.7. The molecule has 2 aromatic heterocycles. The highest BCUT2D eigenvalue weighted by Crippen LogP contribution is 2.41. The van der Waals surface area contributed by atoms with E-state index in [4.69, 9.17) is 14.7 Å². The van der Waals surface area contributed by atoms with Crippen LogP contribution in [-0.2, 0) is 14.8 Å². The standard InChI is InChI=1S/C34H32F3N7O3S2/c35-25-8-5-9-26(36)32(25)49(45,46)42-24-7-4-6-22(20-24)30-31(48-34(41-30)44-14-2-1-3-15-44)28-12-13-38-33(40-28)39-23-10-11-29(27(37)21-23)43-16-18-47-19-17-43/h4-13,20-21,42H,1-3,14-19H2,(H,38,39,40). The van der Waals surface area contributed by atoms with Gasteiger partial charge in [0.1, 0.15) is 17.5 Å². The van der Waals surface area contributed by atoms with Crippen LogP contribution in [0.25, 0.3) is 21.8 Å². The summed E-state index contributed by atoms with van der Waals surface area (Å²) in [6, 6.07) is 16.0. The Hall–Kier alpha value is -4.73. The molecule has 254 valence electrons. The number of halogens is 3. The van der Waals surface area contributed by atoms with E-state index in [0.29, 0.717) is 59.5 Å². The first kappa shape index (κ1) is 32.8. The number of aromatic nitrogens is 3. The number of nitrogens with zero attached hydrogens (tertiary/aromatic N) is 5. The van der Waals surface area contributed by atoms with Crippen LogP contribution in [0, 0.1) is 17.5 Å². The minimum absolute atomic E-state index is 0.103. The van der Waals surface area contributed by atoms with Crippen LogP contribution in [-0.4, -0.2) is 62.8 Å². The van der Waals surface area contributed by atoms with Gasteiger partial charge in [0, 0.05) is 49.3 Å². The molecule has 0 spiro atoms. The molecule has 0 aliphatic carbocycles. The van der Waals surface area contributed by atoms with E-state index in [-0.39, 0.29) is 17.5 Å². The van der Waals surface area contributed by atoms with Gasteiger partial charge < -0.3 is 19.9 Å². The summed E-state index contributed by atoms with van der Waals surface area (Å²) in [4.78, 5) is 17.9. The summed E-state index contributed by atoms with van der Waals surface area (Å²) in [5.74, 6) is -2.50. The lowest BCUT2D eigenvalue weighted by atomic mass is 10.1. The highest BCUT2D eigenvalue weighted by Gasteiger charge is 2.26. The smallest absolute Gasteiger partial charge is 0.267 e. The fourth-order valence-corrected chi connectivity index (χ4v) is 8.19. The van der Waals surface area contributed by atoms with Gasteiger partial charge in [0.15, 0.2) is 10.0 Å². The summed E-state index contributed by atoms with van der Waals surface area (Å²) >= 11 is 1.45. The summed E-state index contributed by atoms with van der Waals surface area (Å²) in [5.41, 5.74) is 2.76. The fraction of sp³-hybridized carbons (Fsp3) is 0.265. The molecule has 2 fully saturated rings. The lowest BCUT2D eigenvalue weighted by Crippen LogP contribution is -2.36. The quantitative estimate of drug-likeness (QED) is 0.166. The van der Waals surface area contributed by atoms with Gasteiger partial charge in [-0.15, -0.1) is 0 Å². The third-order valence-electron chi connectivity index (χ3n) is 8.26. The first-order valence-electron chi connectivity index (χ1n) is 15.8. The van der Waals surface area contributed by atoms with Gasteiger partial charge in [-0.3, -0.25) is 4.72 Å². The Bertz CT molecular complexity index is 2070. The summed E-state index contributed by atoms with van der Waals surface area (Å²) in [5, 5.41) is 3.89. The summed E-state index contributed by atoms with van der Waals surface area (Å²) in [6.45, 7) is 4.03. The number of sulfonamides is 1. The van der Waals surface area contributed by atoms with E-state index < -0.39 is 26.6 Å². The Morgan fingerprint density at radius 1 is 0.776 bits per heavy atom. The van der Waals surface area contributed by atoms with Crippen molar-refractivity contribution in [3.05, 3.63) is 90.4 Å². The van der Waals surface area contributed by atoms with Crippen molar-refractivity contribution in [3.63, 3.8) is 0 Å².